The van der Waals surface area contributed by atoms with Crippen molar-refractivity contribution in [2.75, 3.05) is 11.9 Å². The van der Waals surface area contributed by atoms with E-state index < -0.39 is 11.6 Å². The van der Waals surface area contributed by atoms with Gasteiger partial charge in [0.25, 0.3) is 0 Å². The lowest BCUT2D eigenvalue weighted by atomic mass is 10.1. The van der Waals surface area contributed by atoms with Gasteiger partial charge in [-0.3, -0.25) is 0 Å². The molecule has 0 spiro atoms. The van der Waals surface area contributed by atoms with Crippen LogP contribution in [0.4, 0.5) is 8.78 Å². The zero-order valence-electron chi connectivity index (χ0n) is 11.1. The molecular weight excluding hydrogens is 380 g/mol. The summed E-state index contributed by atoms with van der Waals surface area (Å²) in [5, 5.41) is 5.30. The molecule has 0 aliphatic carbocycles. The molecule has 3 nitrogen and oxygen atoms in total. The summed E-state index contributed by atoms with van der Waals surface area (Å²) in [6.45, 7) is 0.443. The number of ether oxygens (including phenoxy) is 1. The smallest absolute Gasteiger partial charge is 0.189 e. The molecule has 0 saturated heterocycles. The van der Waals surface area contributed by atoms with E-state index in [0.29, 0.717) is 28.7 Å². The Morgan fingerprint density at radius 2 is 2.05 bits per heavy atom. The fourth-order valence-corrected chi connectivity index (χ4v) is 2.51. The van der Waals surface area contributed by atoms with Gasteiger partial charge < -0.3 is 9.26 Å². The number of hydrogen-bond acceptors (Lipinski definition) is 3. The third-order valence-corrected chi connectivity index (χ3v) is 3.75. The van der Waals surface area contributed by atoms with Crippen LogP contribution in [0.5, 0.6) is 5.75 Å². The molecule has 7 heteroatoms. The summed E-state index contributed by atoms with van der Waals surface area (Å²) >= 11 is 9.47. The van der Waals surface area contributed by atoms with Crippen molar-refractivity contribution < 1.29 is 18.0 Å². The van der Waals surface area contributed by atoms with E-state index >= 15 is 0 Å². The van der Waals surface area contributed by atoms with E-state index in [9.17, 15) is 8.78 Å². The van der Waals surface area contributed by atoms with Crippen molar-refractivity contribution in [3.63, 3.8) is 0 Å². The van der Waals surface area contributed by atoms with Gasteiger partial charge >= 0.3 is 0 Å². The number of fused-ring (bicyclic) bond motifs is 1. The third-order valence-electron chi connectivity index (χ3n) is 3.07. The zero-order valence-corrected chi connectivity index (χ0v) is 13.4. The minimum absolute atomic E-state index is 0.144. The number of halogens is 4. The maximum absolute atomic E-state index is 13.9. The molecule has 0 atom stereocenters. The molecule has 22 heavy (non-hydrogen) atoms. The van der Waals surface area contributed by atoms with Crippen molar-refractivity contribution in [1.29, 1.82) is 0 Å². The van der Waals surface area contributed by atoms with E-state index in [0.717, 1.165) is 12.1 Å². The molecule has 0 unspecified atom stereocenters. The van der Waals surface area contributed by atoms with Crippen LogP contribution < -0.4 is 4.74 Å². The van der Waals surface area contributed by atoms with Gasteiger partial charge in [0.1, 0.15) is 28.1 Å². The first-order valence-electron chi connectivity index (χ1n) is 6.34. The molecule has 0 amide bonds. The maximum atomic E-state index is 13.9. The third kappa shape index (κ3) is 2.68. The van der Waals surface area contributed by atoms with Crippen molar-refractivity contribution in [3.8, 4) is 17.0 Å². The zero-order chi connectivity index (χ0) is 15.7. The van der Waals surface area contributed by atoms with Gasteiger partial charge in [0.15, 0.2) is 5.58 Å². The Hall–Kier alpha value is -1.66. The monoisotopic (exact) mass is 387 g/mol. The standard InChI is InChI=1S/C15H9BrClF2NO2/c16-5-6-21-12-4-3-10-14(20-22-15(10)13(12)17)9-2-1-8(18)7-11(9)19/h1-4,7H,5-6H2. The number of rotatable bonds is 4. The maximum Gasteiger partial charge on any atom is 0.189 e. The fraction of sp³-hybridized carbons (Fsp3) is 0.133. The molecule has 0 aliphatic heterocycles. The first kappa shape index (κ1) is 15.2. The Kier molecular flexibility index (Phi) is 4.31. The van der Waals surface area contributed by atoms with E-state index in [1.807, 2.05) is 0 Å². The largest absolute Gasteiger partial charge is 0.491 e. The minimum atomic E-state index is -0.717. The average molecular weight is 389 g/mol. The summed E-state index contributed by atoms with van der Waals surface area (Å²) in [4.78, 5) is 0. The van der Waals surface area contributed by atoms with Gasteiger partial charge in [0.2, 0.25) is 0 Å². The Balaban J connectivity index is 2.11. The lowest BCUT2D eigenvalue weighted by Crippen LogP contribution is -1.98. The highest BCUT2D eigenvalue weighted by molar-refractivity contribution is 9.09. The van der Waals surface area contributed by atoms with Gasteiger partial charge in [0.05, 0.1) is 12.0 Å². The molecule has 1 heterocycles. The molecule has 0 aliphatic rings. The van der Waals surface area contributed by atoms with Crippen LogP contribution in [0.25, 0.3) is 22.2 Å². The van der Waals surface area contributed by atoms with Gasteiger partial charge in [-0.2, -0.15) is 0 Å². The van der Waals surface area contributed by atoms with Crippen molar-refractivity contribution >= 4 is 38.5 Å². The second-order valence-electron chi connectivity index (χ2n) is 4.45. The van der Waals surface area contributed by atoms with Gasteiger partial charge in [0, 0.05) is 17.0 Å². The van der Waals surface area contributed by atoms with Gasteiger partial charge in [-0.05, 0) is 24.3 Å². The number of alkyl halides is 1. The van der Waals surface area contributed by atoms with Crippen LogP contribution in [0.3, 0.4) is 0 Å². The van der Waals surface area contributed by atoms with Crippen LogP contribution in [0.15, 0.2) is 34.9 Å². The van der Waals surface area contributed by atoms with Crippen LogP contribution in [0.1, 0.15) is 0 Å². The summed E-state index contributed by atoms with van der Waals surface area (Å²) in [6, 6.07) is 6.61. The van der Waals surface area contributed by atoms with Crippen molar-refractivity contribution in [2.45, 2.75) is 0 Å². The Morgan fingerprint density at radius 1 is 1.23 bits per heavy atom. The summed E-state index contributed by atoms with van der Waals surface area (Å²) in [6.07, 6.45) is 0. The summed E-state index contributed by atoms with van der Waals surface area (Å²) in [7, 11) is 0. The van der Waals surface area contributed by atoms with E-state index in [4.69, 9.17) is 20.9 Å². The van der Waals surface area contributed by atoms with Crippen LogP contribution in [0, 0.1) is 11.6 Å². The van der Waals surface area contributed by atoms with Crippen LogP contribution in [-0.2, 0) is 0 Å². The Bertz CT molecular complexity index is 838. The van der Waals surface area contributed by atoms with Crippen molar-refractivity contribution in [2.24, 2.45) is 0 Å². The van der Waals surface area contributed by atoms with Crippen LogP contribution in [-0.4, -0.2) is 17.1 Å². The van der Waals surface area contributed by atoms with Crippen molar-refractivity contribution in [3.05, 3.63) is 47.0 Å². The van der Waals surface area contributed by atoms with Crippen molar-refractivity contribution in [1.82, 2.24) is 5.16 Å². The van der Waals surface area contributed by atoms with E-state index in [1.54, 1.807) is 12.1 Å². The Morgan fingerprint density at radius 3 is 2.77 bits per heavy atom. The number of aromatic nitrogens is 1. The molecule has 1 aromatic heterocycles. The molecule has 0 fully saturated rings. The normalized spacial score (nSPS) is 11.1. The summed E-state index contributed by atoms with van der Waals surface area (Å²) in [5.41, 5.74) is 0.708. The molecule has 0 bridgehead atoms. The SMILES string of the molecule is Fc1ccc(-c2noc3c(Cl)c(OCCBr)ccc23)c(F)c1. The first-order chi connectivity index (χ1) is 10.6. The molecule has 0 saturated carbocycles. The topological polar surface area (TPSA) is 35.3 Å². The number of benzene rings is 2. The molecule has 0 radical (unpaired) electrons. The summed E-state index contributed by atoms with van der Waals surface area (Å²) in [5.74, 6) is -0.917. The van der Waals surface area contributed by atoms with Crippen LogP contribution in [0.2, 0.25) is 5.02 Å². The van der Waals surface area contributed by atoms with Crippen LogP contribution >= 0.6 is 27.5 Å². The molecule has 3 aromatic rings. The van der Waals surface area contributed by atoms with Gasteiger partial charge in [-0.25, -0.2) is 8.78 Å². The minimum Gasteiger partial charge on any atom is -0.491 e. The average Bonchev–Trinajstić information content (AvgIpc) is 2.91. The highest BCUT2D eigenvalue weighted by Gasteiger charge is 2.19. The quantitative estimate of drug-likeness (QED) is 0.576. The molecule has 2 aromatic carbocycles. The first-order valence-corrected chi connectivity index (χ1v) is 7.84. The molecular formula is C15H9BrClF2NO2. The lowest BCUT2D eigenvalue weighted by Gasteiger charge is -2.06. The second-order valence-corrected chi connectivity index (χ2v) is 5.62. The second kappa shape index (κ2) is 6.22. The van der Waals surface area contributed by atoms with E-state index in [-0.39, 0.29) is 16.3 Å². The lowest BCUT2D eigenvalue weighted by molar-refractivity contribution is 0.344. The van der Waals surface area contributed by atoms with E-state index in [2.05, 4.69) is 21.1 Å². The number of hydrogen-bond donors (Lipinski definition) is 0. The van der Waals surface area contributed by atoms with E-state index in [1.165, 1.54) is 6.07 Å². The summed E-state index contributed by atoms with van der Waals surface area (Å²) < 4.78 is 37.6. The predicted octanol–water partition coefficient (Wildman–Crippen LogP) is 5.20. The highest BCUT2D eigenvalue weighted by atomic mass is 79.9. The number of nitrogens with zero attached hydrogens (tertiary/aromatic N) is 1. The molecule has 114 valence electrons. The fourth-order valence-electron chi connectivity index (χ4n) is 2.09. The van der Waals surface area contributed by atoms with Gasteiger partial charge in [-0.15, -0.1) is 0 Å². The predicted molar refractivity (Wildman–Crippen MR) is 83.7 cm³/mol. The van der Waals surface area contributed by atoms with Gasteiger partial charge in [-0.1, -0.05) is 32.7 Å². The highest BCUT2D eigenvalue weighted by Crippen LogP contribution is 2.38. The molecule has 3 rings (SSSR count). The Labute approximate surface area is 137 Å². The molecule has 0 N–H and O–H groups in total.